The number of nitrogens with zero attached hydrogens (tertiary/aromatic N) is 2. The summed E-state index contributed by atoms with van der Waals surface area (Å²) in [6.07, 6.45) is 5.79. The third-order valence-electron chi connectivity index (χ3n) is 5.76. The molecule has 2 unspecified atom stereocenters. The lowest BCUT2D eigenvalue weighted by Crippen LogP contribution is -2.41. The molecular weight excluding hydrogens is 284 g/mol. The Morgan fingerprint density at radius 2 is 1.78 bits per heavy atom. The summed E-state index contributed by atoms with van der Waals surface area (Å²) in [6, 6.07) is 10.7. The van der Waals surface area contributed by atoms with Crippen molar-refractivity contribution in [2.24, 2.45) is 5.92 Å². The summed E-state index contributed by atoms with van der Waals surface area (Å²) in [5.74, 6) is 0.909. The van der Waals surface area contributed by atoms with Crippen molar-refractivity contribution >= 4 is 0 Å². The predicted molar refractivity (Wildman–Crippen MR) is 95.5 cm³/mol. The predicted octanol–water partition coefficient (Wildman–Crippen LogP) is 3.31. The van der Waals surface area contributed by atoms with E-state index in [-0.39, 0.29) is 6.10 Å². The molecule has 23 heavy (non-hydrogen) atoms. The van der Waals surface area contributed by atoms with Crippen molar-refractivity contribution < 1.29 is 5.11 Å². The van der Waals surface area contributed by atoms with Gasteiger partial charge in [0, 0.05) is 19.1 Å². The number of rotatable bonds is 6. The van der Waals surface area contributed by atoms with Crippen molar-refractivity contribution in [3.8, 4) is 0 Å². The van der Waals surface area contributed by atoms with Crippen LogP contribution in [0.5, 0.6) is 0 Å². The van der Waals surface area contributed by atoms with Crippen LogP contribution in [0.25, 0.3) is 0 Å². The van der Waals surface area contributed by atoms with E-state index >= 15 is 0 Å². The van der Waals surface area contributed by atoms with Crippen molar-refractivity contribution in [2.45, 2.75) is 51.2 Å². The number of aliphatic hydroxyl groups is 1. The molecule has 1 aromatic carbocycles. The average Bonchev–Trinajstić information content (AvgIpc) is 3.02. The van der Waals surface area contributed by atoms with Crippen LogP contribution in [0.3, 0.4) is 0 Å². The first-order valence-electron chi connectivity index (χ1n) is 9.42. The van der Waals surface area contributed by atoms with E-state index in [0.717, 1.165) is 17.9 Å². The Kier molecular flexibility index (Phi) is 6.09. The van der Waals surface area contributed by atoms with Crippen LogP contribution in [0.1, 0.15) is 50.7 Å². The van der Waals surface area contributed by atoms with Crippen LogP contribution in [0, 0.1) is 5.92 Å². The third kappa shape index (κ3) is 4.79. The molecule has 0 saturated carbocycles. The van der Waals surface area contributed by atoms with Crippen molar-refractivity contribution in [3.05, 3.63) is 35.9 Å². The molecule has 2 saturated heterocycles. The van der Waals surface area contributed by atoms with E-state index in [2.05, 4.69) is 16.7 Å². The van der Waals surface area contributed by atoms with Crippen LogP contribution in [0.4, 0.5) is 0 Å². The summed E-state index contributed by atoms with van der Waals surface area (Å²) in [6.45, 7) is 8.49. The van der Waals surface area contributed by atoms with Gasteiger partial charge in [-0.1, -0.05) is 37.3 Å². The second kappa shape index (κ2) is 8.27. The highest BCUT2D eigenvalue weighted by Crippen LogP contribution is 2.27. The first-order chi connectivity index (χ1) is 11.2. The molecule has 2 aliphatic rings. The molecule has 3 heteroatoms. The average molecular weight is 316 g/mol. The van der Waals surface area contributed by atoms with Crippen LogP contribution >= 0.6 is 0 Å². The van der Waals surface area contributed by atoms with Gasteiger partial charge in [0.1, 0.15) is 0 Å². The molecular formula is C20H32N2O. The van der Waals surface area contributed by atoms with Gasteiger partial charge in [-0.3, -0.25) is 4.90 Å². The summed E-state index contributed by atoms with van der Waals surface area (Å²) in [5.41, 5.74) is 1.06. The molecule has 2 atom stereocenters. The van der Waals surface area contributed by atoms with E-state index in [0.29, 0.717) is 6.04 Å². The van der Waals surface area contributed by atoms with Crippen LogP contribution in [0.2, 0.25) is 0 Å². The number of likely N-dealkylation sites (tertiary alicyclic amines) is 2. The molecule has 2 aliphatic heterocycles. The smallest absolute Gasteiger partial charge is 0.0805 e. The van der Waals surface area contributed by atoms with E-state index in [1.165, 1.54) is 58.4 Å². The van der Waals surface area contributed by atoms with Crippen LogP contribution in [-0.4, -0.2) is 53.7 Å². The normalized spacial score (nSPS) is 25.7. The summed E-state index contributed by atoms with van der Waals surface area (Å²) in [4.78, 5) is 5.24. The van der Waals surface area contributed by atoms with Gasteiger partial charge in [0.2, 0.25) is 0 Å². The van der Waals surface area contributed by atoms with E-state index in [1.54, 1.807) is 0 Å². The Labute approximate surface area is 141 Å². The van der Waals surface area contributed by atoms with E-state index in [1.807, 2.05) is 30.3 Å². The molecule has 2 heterocycles. The van der Waals surface area contributed by atoms with E-state index in [9.17, 15) is 5.11 Å². The first-order valence-corrected chi connectivity index (χ1v) is 9.42. The summed E-state index contributed by atoms with van der Waals surface area (Å²) >= 11 is 0. The van der Waals surface area contributed by atoms with Crippen LogP contribution in [0.15, 0.2) is 30.3 Å². The Morgan fingerprint density at radius 1 is 1.04 bits per heavy atom. The van der Waals surface area contributed by atoms with E-state index < -0.39 is 0 Å². The molecule has 0 aromatic heterocycles. The number of aliphatic hydroxyl groups excluding tert-OH is 1. The first kappa shape index (κ1) is 16.9. The molecule has 2 fully saturated rings. The largest absolute Gasteiger partial charge is 0.388 e. The number of piperidine rings is 1. The van der Waals surface area contributed by atoms with Gasteiger partial charge in [-0.2, -0.15) is 0 Å². The van der Waals surface area contributed by atoms with Crippen molar-refractivity contribution in [1.82, 2.24) is 9.80 Å². The maximum atomic E-state index is 10.5. The van der Waals surface area contributed by atoms with Gasteiger partial charge in [0.05, 0.1) is 6.10 Å². The Morgan fingerprint density at radius 3 is 2.52 bits per heavy atom. The Balaban J connectivity index is 1.46. The lowest BCUT2D eigenvalue weighted by atomic mass is 9.99. The Bertz CT molecular complexity index is 456. The molecule has 1 aromatic rings. The second-order valence-electron chi connectivity index (χ2n) is 7.52. The van der Waals surface area contributed by atoms with Crippen molar-refractivity contribution in [1.29, 1.82) is 0 Å². The lowest BCUT2D eigenvalue weighted by Gasteiger charge is -2.33. The van der Waals surface area contributed by atoms with Gasteiger partial charge in [-0.05, 0) is 63.2 Å². The zero-order chi connectivity index (χ0) is 16.1. The zero-order valence-electron chi connectivity index (χ0n) is 14.5. The highest BCUT2D eigenvalue weighted by Gasteiger charge is 2.27. The van der Waals surface area contributed by atoms with Crippen molar-refractivity contribution in [3.63, 3.8) is 0 Å². The molecule has 0 spiro atoms. The number of hydrogen-bond donors (Lipinski definition) is 1. The monoisotopic (exact) mass is 316 g/mol. The lowest BCUT2D eigenvalue weighted by molar-refractivity contribution is 0.108. The van der Waals surface area contributed by atoms with Gasteiger partial charge in [-0.25, -0.2) is 0 Å². The molecule has 3 nitrogen and oxygen atoms in total. The molecule has 0 radical (unpaired) electrons. The minimum atomic E-state index is -0.322. The number of hydrogen-bond acceptors (Lipinski definition) is 3. The summed E-state index contributed by atoms with van der Waals surface area (Å²) in [5, 5.41) is 10.5. The summed E-state index contributed by atoms with van der Waals surface area (Å²) in [7, 11) is 0. The van der Waals surface area contributed by atoms with Crippen LogP contribution < -0.4 is 0 Å². The maximum absolute atomic E-state index is 10.5. The summed E-state index contributed by atoms with van der Waals surface area (Å²) < 4.78 is 0. The SMILES string of the molecule is CC1CCN(CCN2CCCC2CC(O)c2ccccc2)CC1. The zero-order valence-corrected chi connectivity index (χ0v) is 14.5. The highest BCUT2D eigenvalue weighted by atomic mass is 16.3. The molecule has 1 N–H and O–H groups in total. The van der Waals surface area contributed by atoms with Crippen molar-refractivity contribution in [2.75, 3.05) is 32.7 Å². The standard InChI is InChI=1S/C20H32N2O/c1-17-9-12-21(13-10-17)14-15-22-11-5-8-19(22)16-20(23)18-6-3-2-4-7-18/h2-4,6-7,17,19-20,23H,5,8-16H2,1H3. The maximum Gasteiger partial charge on any atom is 0.0805 e. The molecule has 3 rings (SSSR count). The quantitative estimate of drug-likeness (QED) is 0.872. The molecule has 0 aliphatic carbocycles. The van der Waals surface area contributed by atoms with Gasteiger partial charge in [-0.15, -0.1) is 0 Å². The Hall–Kier alpha value is -0.900. The molecule has 128 valence electrons. The fourth-order valence-corrected chi connectivity index (χ4v) is 4.08. The second-order valence-corrected chi connectivity index (χ2v) is 7.52. The van der Waals surface area contributed by atoms with Gasteiger partial charge >= 0.3 is 0 Å². The van der Waals surface area contributed by atoms with E-state index in [4.69, 9.17) is 0 Å². The number of benzene rings is 1. The van der Waals surface area contributed by atoms with Gasteiger partial charge in [0.25, 0.3) is 0 Å². The topological polar surface area (TPSA) is 26.7 Å². The van der Waals surface area contributed by atoms with Gasteiger partial charge < -0.3 is 10.0 Å². The van der Waals surface area contributed by atoms with Gasteiger partial charge in [0.15, 0.2) is 0 Å². The third-order valence-corrected chi connectivity index (χ3v) is 5.76. The fourth-order valence-electron chi connectivity index (χ4n) is 4.08. The fraction of sp³-hybridized carbons (Fsp3) is 0.700. The van der Waals surface area contributed by atoms with Crippen LogP contribution in [-0.2, 0) is 0 Å². The highest BCUT2D eigenvalue weighted by molar-refractivity contribution is 5.17. The molecule has 0 amide bonds. The molecule has 0 bridgehead atoms. The minimum Gasteiger partial charge on any atom is -0.388 e. The minimum absolute atomic E-state index is 0.322.